The van der Waals surface area contributed by atoms with E-state index < -0.39 is 0 Å². The van der Waals surface area contributed by atoms with E-state index in [1.165, 1.54) is 22.5 Å². The molecule has 0 saturated carbocycles. The lowest BCUT2D eigenvalue weighted by Crippen LogP contribution is -2.04. The number of hydrogen-bond donors (Lipinski definition) is 0. The van der Waals surface area contributed by atoms with Crippen molar-refractivity contribution in [3.8, 4) is 27.6 Å². The number of benzene rings is 2. The summed E-state index contributed by atoms with van der Waals surface area (Å²) in [5.74, 6) is 2.93. The van der Waals surface area contributed by atoms with E-state index in [1.807, 2.05) is 49.4 Å². The van der Waals surface area contributed by atoms with E-state index in [9.17, 15) is 9.59 Å². The first-order valence-corrected chi connectivity index (χ1v) is 13.1. The van der Waals surface area contributed by atoms with Gasteiger partial charge in [0.05, 0.1) is 17.2 Å². The summed E-state index contributed by atoms with van der Waals surface area (Å²) < 4.78 is 12.0. The van der Waals surface area contributed by atoms with Gasteiger partial charge in [-0.1, -0.05) is 18.2 Å². The average Bonchev–Trinajstić information content (AvgIpc) is 3.58. The topological polar surface area (TPSA) is 69.4 Å². The summed E-state index contributed by atoms with van der Waals surface area (Å²) in [7, 11) is 0. The first kappa shape index (κ1) is 24.2. The fourth-order valence-electron chi connectivity index (χ4n) is 4.84. The molecule has 0 unspecified atom stereocenters. The highest BCUT2D eigenvalue weighted by Crippen LogP contribution is 2.37. The molecule has 1 aliphatic rings. The predicted molar refractivity (Wildman–Crippen MR) is 142 cm³/mol. The Morgan fingerprint density at radius 2 is 1.83 bits per heavy atom. The Morgan fingerprint density at radius 1 is 1.06 bits per heavy atom. The van der Waals surface area contributed by atoms with Crippen LogP contribution in [0.2, 0.25) is 0 Å². The number of aryl methyl sites for hydroxylation is 2. The standard InChI is InChI=1S/C30H29NO4S/c1-18(32)16-23-8-9-24-17-25(10-11-26(23)24)34-15-14-27-20(3)35-30(31-27)22-6-4-21(5-7-22)29-13-12-28(36-29)19(2)33/h4-7,10-13,17,23H,8-9,14-16H2,1-3H3/t23-/m0/s1. The molecule has 0 aliphatic heterocycles. The maximum Gasteiger partial charge on any atom is 0.226 e. The number of fused-ring (bicyclic) bond motifs is 1. The van der Waals surface area contributed by atoms with Crippen molar-refractivity contribution in [2.75, 3.05) is 6.61 Å². The number of rotatable bonds is 9. The molecule has 6 heteroatoms. The van der Waals surface area contributed by atoms with Crippen LogP contribution in [0.15, 0.2) is 59.0 Å². The number of thiophene rings is 1. The van der Waals surface area contributed by atoms with Crippen LogP contribution in [0.25, 0.3) is 21.9 Å². The van der Waals surface area contributed by atoms with Crippen molar-refractivity contribution in [2.24, 2.45) is 0 Å². The minimum Gasteiger partial charge on any atom is -0.493 e. The Labute approximate surface area is 215 Å². The third-order valence-electron chi connectivity index (χ3n) is 6.72. The molecule has 5 nitrogen and oxygen atoms in total. The fourth-order valence-corrected chi connectivity index (χ4v) is 5.75. The SMILES string of the molecule is CC(=O)C[C@@H]1CCc2cc(OCCc3nc(-c4ccc(-c5ccc(C(C)=O)s5)cc4)oc3C)ccc21. The van der Waals surface area contributed by atoms with Crippen LogP contribution in [-0.2, 0) is 17.6 Å². The van der Waals surface area contributed by atoms with Crippen molar-refractivity contribution in [3.05, 3.63) is 82.1 Å². The number of carbonyl (C=O) groups excluding carboxylic acids is 2. The smallest absolute Gasteiger partial charge is 0.226 e. The molecule has 184 valence electrons. The molecule has 0 fully saturated rings. The summed E-state index contributed by atoms with van der Waals surface area (Å²) in [5.41, 5.74) is 5.45. The van der Waals surface area contributed by atoms with E-state index >= 15 is 0 Å². The van der Waals surface area contributed by atoms with E-state index in [0.717, 1.165) is 50.9 Å². The lowest BCUT2D eigenvalue weighted by molar-refractivity contribution is -0.117. The molecule has 36 heavy (non-hydrogen) atoms. The summed E-state index contributed by atoms with van der Waals surface area (Å²) in [6.07, 6.45) is 3.31. The van der Waals surface area contributed by atoms with E-state index in [4.69, 9.17) is 14.1 Å². The van der Waals surface area contributed by atoms with Crippen molar-refractivity contribution in [1.82, 2.24) is 4.98 Å². The van der Waals surface area contributed by atoms with Gasteiger partial charge >= 0.3 is 0 Å². The molecule has 0 spiro atoms. The normalized spacial score (nSPS) is 14.6. The van der Waals surface area contributed by atoms with E-state index in [-0.39, 0.29) is 11.6 Å². The molecule has 2 heterocycles. The molecule has 5 rings (SSSR count). The summed E-state index contributed by atoms with van der Waals surface area (Å²) in [6, 6.07) is 18.1. The monoisotopic (exact) mass is 499 g/mol. The molecule has 4 aromatic rings. The highest BCUT2D eigenvalue weighted by atomic mass is 32.1. The minimum atomic E-state index is 0.0871. The average molecular weight is 500 g/mol. The third-order valence-corrected chi connectivity index (χ3v) is 7.96. The van der Waals surface area contributed by atoms with Gasteiger partial charge in [0.2, 0.25) is 5.89 Å². The van der Waals surface area contributed by atoms with Crippen LogP contribution < -0.4 is 4.74 Å². The summed E-state index contributed by atoms with van der Waals surface area (Å²) in [4.78, 5) is 29.6. The van der Waals surface area contributed by atoms with E-state index in [1.54, 1.807) is 13.8 Å². The molecule has 0 amide bonds. The zero-order valence-electron chi connectivity index (χ0n) is 20.8. The van der Waals surface area contributed by atoms with Crippen LogP contribution in [-0.4, -0.2) is 23.2 Å². The van der Waals surface area contributed by atoms with Crippen LogP contribution in [0.4, 0.5) is 0 Å². The van der Waals surface area contributed by atoms with Gasteiger partial charge in [-0.25, -0.2) is 4.98 Å². The molecule has 1 aliphatic carbocycles. The zero-order valence-corrected chi connectivity index (χ0v) is 21.6. The Kier molecular flexibility index (Phi) is 6.88. The number of aromatic nitrogens is 1. The van der Waals surface area contributed by atoms with Crippen LogP contribution in [0.5, 0.6) is 5.75 Å². The van der Waals surface area contributed by atoms with Gasteiger partial charge in [0.15, 0.2) is 5.78 Å². The molecule has 0 bridgehead atoms. The van der Waals surface area contributed by atoms with E-state index in [2.05, 4.69) is 12.1 Å². The molecule has 2 aromatic carbocycles. The number of carbonyl (C=O) groups is 2. The van der Waals surface area contributed by atoms with Crippen molar-refractivity contribution < 1.29 is 18.7 Å². The Hall–Kier alpha value is -3.51. The molecule has 0 radical (unpaired) electrons. The maximum absolute atomic E-state index is 11.6. The van der Waals surface area contributed by atoms with Gasteiger partial charge < -0.3 is 13.9 Å². The Morgan fingerprint density at radius 3 is 2.56 bits per heavy atom. The maximum atomic E-state index is 11.6. The van der Waals surface area contributed by atoms with Crippen LogP contribution in [0, 0.1) is 6.92 Å². The highest BCUT2D eigenvalue weighted by molar-refractivity contribution is 7.17. The predicted octanol–water partition coefficient (Wildman–Crippen LogP) is 7.21. The Balaban J connectivity index is 1.20. The quantitative estimate of drug-likeness (QED) is 0.228. The van der Waals surface area contributed by atoms with Crippen molar-refractivity contribution in [3.63, 3.8) is 0 Å². The van der Waals surface area contributed by atoms with Crippen LogP contribution in [0.3, 0.4) is 0 Å². The van der Waals surface area contributed by atoms with Gasteiger partial charge in [-0.05, 0) is 92.6 Å². The van der Waals surface area contributed by atoms with Gasteiger partial charge in [-0.15, -0.1) is 11.3 Å². The summed E-state index contributed by atoms with van der Waals surface area (Å²) in [6.45, 7) is 5.70. The number of oxazole rings is 1. The van der Waals surface area contributed by atoms with Gasteiger partial charge in [-0.2, -0.15) is 0 Å². The van der Waals surface area contributed by atoms with Crippen LogP contribution in [0.1, 0.15) is 64.9 Å². The number of hydrogen-bond acceptors (Lipinski definition) is 6. The van der Waals surface area contributed by atoms with Gasteiger partial charge in [0.1, 0.15) is 17.3 Å². The molecule has 1 atom stereocenters. The first-order chi connectivity index (χ1) is 17.4. The molecule has 2 aromatic heterocycles. The first-order valence-electron chi connectivity index (χ1n) is 12.3. The van der Waals surface area contributed by atoms with Crippen molar-refractivity contribution >= 4 is 22.9 Å². The molecule has 0 N–H and O–H groups in total. The largest absolute Gasteiger partial charge is 0.493 e. The fraction of sp³-hybridized carbons (Fsp3) is 0.300. The molecular weight excluding hydrogens is 470 g/mol. The third kappa shape index (κ3) is 5.19. The van der Waals surface area contributed by atoms with Gasteiger partial charge in [-0.3, -0.25) is 4.79 Å². The number of ketones is 2. The second kappa shape index (κ2) is 10.2. The van der Waals surface area contributed by atoms with Gasteiger partial charge in [0, 0.05) is 23.3 Å². The number of nitrogens with zero attached hydrogens (tertiary/aromatic N) is 1. The summed E-state index contributed by atoms with van der Waals surface area (Å²) in [5, 5.41) is 0. The van der Waals surface area contributed by atoms with Crippen molar-refractivity contribution in [2.45, 2.75) is 52.4 Å². The van der Waals surface area contributed by atoms with E-state index in [0.29, 0.717) is 31.3 Å². The van der Waals surface area contributed by atoms with Crippen molar-refractivity contribution in [1.29, 1.82) is 0 Å². The lowest BCUT2D eigenvalue weighted by Gasteiger charge is -2.11. The summed E-state index contributed by atoms with van der Waals surface area (Å²) >= 11 is 1.50. The minimum absolute atomic E-state index is 0.0871. The number of Topliss-reactive ketones (excluding diaryl/α,β-unsaturated/α-hetero) is 2. The molecular formula is C30H29NO4S. The zero-order chi connectivity index (χ0) is 25.2. The second-order valence-corrected chi connectivity index (χ2v) is 10.5. The second-order valence-electron chi connectivity index (χ2n) is 9.42. The Bertz CT molecular complexity index is 1410. The lowest BCUT2D eigenvalue weighted by atomic mass is 9.96. The van der Waals surface area contributed by atoms with Crippen LogP contribution >= 0.6 is 11.3 Å². The molecule has 0 saturated heterocycles. The highest BCUT2D eigenvalue weighted by Gasteiger charge is 2.24. The van der Waals surface area contributed by atoms with Gasteiger partial charge in [0.25, 0.3) is 0 Å². The number of ether oxygens (including phenoxy) is 1.